The summed E-state index contributed by atoms with van der Waals surface area (Å²) >= 11 is 0. The van der Waals surface area contributed by atoms with Crippen LogP contribution in [0.3, 0.4) is 0 Å². The maximum absolute atomic E-state index is 14.2. The number of primary amides is 1. The Hall–Kier alpha value is -3.90. The highest BCUT2D eigenvalue weighted by Crippen LogP contribution is 2.30. The highest BCUT2D eigenvalue weighted by molar-refractivity contribution is 6.07. The number of amides is 2. The summed E-state index contributed by atoms with van der Waals surface area (Å²) in [5, 5.41) is 0.545. The molecule has 0 bridgehead atoms. The van der Waals surface area contributed by atoms with Crippen LogP contribution in [0.25, 0.3) is 10.9 Å². The van der Waals surface area contributed by atoms with Gasteiger partial charge in [-0.25, -0.2) is 19.2 Å². The van der Waals surface area contributed by atoms with E-state index in [0.29, 0.717) is 36.0 Å². The van der Waals surface area contributed by atoms with Crippen molar-refractivity contribution in [2.75, 3.05) is 31.1 Å². The van der Waals surface area contributed by atoms with Gasteiger partial charge in [0.25, 0.3) is 5.91 Å². The summed E-state index contributed by atoms with van der Waals surface area (Å²) in [7, 11) is 0. The van der Waals surface area contributed by atoms with Gasteiger partial charge in [0.2, 0.25) is 5.95 Å². The number of hydrogen-bond acceptors (Lipinski definition) is 6. The zero-order valence-electron chi connectivity index (χ0n) is 21.8. The first-order valence-electron chi connectivity index (χ1n) is 12.4. The number of nitrogens with two attached hydrogens (primary N) is 1. The van der Waals surface area contributed by atoms with E-state index >= 15 is 0 Å². The number of carbonyl (C=O) groups excluding carboxylic acids is 2. The predicted molar refractivity (Wildman–Crippen MR) is 136 cm³/mol. The van der Waals surface area contributed by atoms with Gasteiger partial charge in [0.05, 0.1) is 23.2 Å². The molecule has 2 amide bonds. The van der Waals surface area contributed by atoms with E-state index in [1.807, 2.05) is 20.8 Å². The van der Waals surface area contributed by atoms with Crippen molar-refractivity contribution in [1.82, 2.24) is 19.4 Å². The van der Waals surface area contributed by atoms with Crippen molar-refractivity contribution in [3.63, 3.8) is 0 Å². The van der Waals surface area contributed by atoms with Crippen molar-refractivity contribution in [3.05, 3.63) is 53.7 Å². The molecule has 9 nitrogen and oxygen atoms in total. The summed E-state index contributed by atoms with van der Waals surface area (Å²) in [5.41, 5.74) is 4.99. The highest BCUT2D eigenvalue weighted by atomic mass is 19.4. The Morgan fingerprint density at radius 2 is 1.72 bits per heavy atom. The van der Waals surface area contributed by atoms with Crippen LogP contribution in [0.4, 0.5) is 28.3 Å². The number of benzene rings is 1. The van der Waals surface area contributed by atoms with E-state index in [1.54, 1.807) is 20.6 Å². The van der Waals surface area contributed by atoms with Crippen molar-refractivity contribution in [1.29, 1.82) is 0 Å². The van der Waals surface area contributed by atoms with E-state index in [9.17, 15) is 27.2 Å². The number of hydrogen-bond donors (Lipinski definition) is 1. The molecule has 1 unspecified atom stereocenters. The molecule has 0 radical (unpaired) electrons. The maximum Gasteiger partial charge on any atom is 0.419 e. The van der Waals surface area contributed by atoms with E-state index in [4.69, 9.17) is 10.5 Å². The van der Waals surface area contributed by atoms with E-state index in [-0.39, 0.29) is 36.9 Å². The first kappa shape index (κ1) is 28.1. The Morgan fingerprint density at radius 3 is 2.28 bits per heavy atom. The molecule has 0 spiro atoms. The molecule has 210 valence electrons. The van der Waals surface area contributed by atoms with Crippen molar-refractivity contribution in [3.8, 4) is 0 Å². The van der Waals surface area contributed by atoms with Crippen molar-refractivity contribution in [2.45, 2.75) is 46.0 Å². The van der Waals surface area contributed by atoms with Crippen LogP contribution in [-0.4, -0.2) is 63.7 Å². The van der Waals surface area contributed by atoms with Crippen molar-refractivity contribution < 1.29 is 31.9 Å². The van der Waals surface area contributed by atoms with Gasteiger partial charge in [-0.3, -0.25) is 4.79 Å². The van der Waals surface area contributed by atoms with Crippen LogP contribution in [0.1, 0.15) is 43.1 Å². The van der Waals surface area contributed by atoms with Gasteiger partial charge in [-0.2, -0.15) is 13.2 Å². The minimum Gasteiger partial charge on any atom is -0.444 e. The van der Waals surface area contributed by atoms with E-state index in [0.717, 1.165) is 12.4 Å². The minimum absolute atomic E-state index is 0.154. The van der Waals surface area contributed by atoms with Crippen molar-refractivity contribution in [2.24, 2.45) is 11.1 Å². The summed E-state index contributed by atoms with van der Waals surface area (Å²) in [4.78, 5) is 36.1. The number of ether oxygens (including phenoxy) is 1. The predicted octanol–water partition coefficient (Wildman–Crippen LogP) is 4.45. The lowest BCUT2D eigenvalue weighted by Gasteiger charge is -2.34. The molecule has 0 aliphatic carbocycles. The van der Waals surface area contributed by atoms with Gasteiger partial charge >= 0.3 is 12.3 Å². The molecule has 1 aliphatic heterocycles. The third kappa shape index (κ3) is 6.76. The average molecular weight is 551 g/mol. The first-order chi connectivity index (χ1) is 18.2. The summed E-state index contributed by atoms with van der Waals surface area (Å²) in [6.07, 6.45) is -2.45. The fourth-order valence-electron chi connectivity index (χ4n) is 4.71. The quantitative estimate of drug-likeness (QED) is 0.455. The normalized spacial score (nSPS) is 15.5. The van der Waals surface area contributed by atoms with Crippen LogP contribution in [0, 0.1) is 11.2 Å². The zero-order valence-corrected chi connectivity index (χ0v) is 21.8. The van der Waals surface area contributed by atoms with Gasteiger partial charge in [-0.1, -0.05) is 20.8 Å². The third-order valence-electron chi connectivity index (χ3n) is 6.41. The van der Waals surface area contributed by atoms with E-state index in [2.05, 4.69) is 9.97 Å². The van der Waals surface area contributed by atoms with Crippen LogP contribution in [0.2, 0.25) is 0 Å². The fourth-order valence-corrected chi connectivity index (χ4v) is 4.71. The van der Waals surface area contributed by atoms with E-state index in [1.165, 1.54) is 18.2 Å². The van der Waals surface area contributed by atoms with E-state index < -0.39 is 29.8 Å². The summed E-state index contributed by atoms with van der Waals surface area (Å²) in [6, 6.07) is 4.13. The van der Waals surface area contributed by atoms with Crippen LogP contribution in [0.15, 0.2) is 36.8 Å². The number of rotatable bonds is 6. The second-order valence-electron chi connectivity index (χ2n) is 10.7. The largest absolute Gasteiger partial charge is 0.444 e. The van der Waals surface area contributed by atoms with Crippen molar-refractivity contribution >= 4 is 28.9 Å². The maximum atomic E-state index is 14.2. The molecule has 1 aromatic carbocycles. The number of fused-ring (bicyclic) bond motifs is 1. The Morgan fingerprint density at radius 1 is 1.08 bits per heavy atom. The number of nitrogens with zero attached hydrogens (tertiary/aromatic N) is 5. The molecule has 39 heavy (non-hydrogen) atoms. The zero-order chi connectivity index (χ0) is 28.5. The molecule has 1 saturated heterocycles. The Balaban J connectivity index is 1.53. The highest BCUT2D eigenvalue weighted by Gasteiger charge is 2.32. The van der Waals surface area contributed by atoms with Gasteiger partial charge in [0.1, 0.15) is 11.9 Å². The monoisotopic (exact) mass is 550 g/mol. The van der Waals surface area contributed by atoms with Crippen LogP contribution >= 0.6 is 0 Å². The van der Waals surface area contributed by atoms with Gasteiger partial charge in [-0.05, 0) is 30.0 Å². The molecule has 2 aromatic heterocycles. The molecule has 3 aromatic rings. The molecule has 1 fully saturated rings. The number of carbonyl (C=O) groups is 2. The first-order valence-corrected chi connectivity index (χ1v) is 12.4. The van der Waals surface area contributed by atoms with Crippen LogP contribution < -0.4 is 10.6 Å². The second-order valence-corrected chi connectivity index (χ2v) is 10.7. The van der Waals surface area contributed by atoms with Crippen LogP contribution in [0.5, 0.6) is 0 Å². The molecule has 13 heteroatoms. The number of alkyl halides is 3. The molecule has 0 saturated carbocycles. The second kappa shape index (κ2) is 10.7. The molecular weight excluding hydrogens is 520 g/mol. The standard InChI is InChI=1S/C26H30F4N6O3/c1-25(2,3)11-18(39-23(31)38)14-36-15-20(19-5-4-17(27)10-21(19)36)22(37)34-6-8-35(9-7-34)24-32-12-16(13-33-24)26(28,29)30/h4-5,10,12-13,15,18H,6-9,11,14H2,1-3H3,(H2,31,38). The lowest BCUT2D eigenvalue weighted by Crippen LogP contribution is -2.49. The Kier molecular flexibility index (Phi) is 7.71. The molecular formula is C26H30F4N6O3. The Labute approximate surface area is 222 Å². The minimum atomic E-state index is -4.52. The smallest absolute Gasteiger partial charge is 0.419 e. The fraction of sp³-hybridized carbons (Fsp3) is 0.462. The molecule has 4 rings (SSSR count). The number of aromatic nitrogens is 3. The molecule has 1 aliphatic rings. The van der Waals surface area contributed by atoms with Crippen LogP contribution in [-0.2, 0) is 17.5 Å². The van der Waals surface area contributed by atoms with Gasteiger partial charge in [0.15, 0.2) is 0 Å². The lowest BCUT2D eigenvalue weighted by atomic mass is 9.89. The Bertz CT molecular complexity index is 1340. The van der Waals surface area contributed by atoms with Gasteiger partial charge < -0.3 is 24.8 Å². The SMILES string of the molecule is CC(C)(C)CC(Cn1cc(C(=O)N2CCN(c3ncc(C(F)(F)F)cn3)CC2)c2ccc(F)cc21)OC(N)=O. The topological polar surface area (TPSA) is 107 Å². The summed E-state index contributed by atoms with van der Waals surface area (Å²) in [5.74, 6) is -0.600. The summed E-state index contributed by atoms with van der Waals surface area (Å²) in [6.45, 7) is 7.36. The molecule has 2 N–H and O–H groups in total. The average Bonchev–Trinajstić information content (AvgIpc) is 3.19. The van der Waals surface area contributed by atoms with Gasteiger partial charge in [0, 0.05) is 50.2 Å². The number of halogens is 4. The molecule has 1 atom stereocenters. The number of piperazine rings is 1. The third-order valence-corrected chi connectivity index (χ3v) is 6.41. The summed E-state index contributed by atoms with van der Waals surface area (Å²) < 4.78 is 59.6. The number of anilines is 1. The van der Waals surface area contributed by atoms with Gasteiger partial charge in [-0.15, -0.1) is 0 Å². The molecule has 3 heterocycles. The lowest BCUT2D eigenvalue weighted by molar-refractivity contribution is -0.138.